The van der Waals surface area contributed by atoms with Crippen LogP contribution in [-0.4, -0.2) is 16.0 Å². The number of fused-ring (bicyclic) bond motifs is 2. The maximum atomic E-state index is 9.10. The van der Waals surface area contributed by atoms with E-state index in [4.69, 9.17) is 5.11 Å². The second kappa shape index (κ2) is 2.20. The molecule has 2 rings (SSSR count). The van der Waals surface area contributed by atoms with Crippen molar-refractivity contribution < 1.29 is 5.11 Å². The normalized spacial score (nSPS) is 40.8. The van der Waals surface area contributed by atoms with E-state index in [0.29, 0.717) is 5.92 Å². The Hall–Kier alpha value is -0.0800. The van der Waals surface area contributed by atoms with Crippen LogP contribution in [0.25, 0.3) is 0 Å². The van der Waals surface area contributed by atoms with Crippen LogP contribution in [0.4, 0.5) is 0 Å². The van der Waals surface area contributed by atoms with E-state index in [0.717, 1.165) is 6.42 Å². The van der Waals surface area contributed by atoms with Gasteiger partial charge >= 0.3 is 0 Å². The number of aliphatic hydroxyl groups excluding tert-OH is 1. The largest absolute Gasteiger partial charge is 0.392 e. The van der Waals surface area contributed by atoms with Gasteiger partial charge in [0.2, 0.25) is 0 Å². The Balaban J connectivity index is 2.44. The Morgan fingerprint density at radius 1 is 1.82 bits per heavy atom. The monoisotopic (exact) mass is 214 g/mol. The summed E-state index contributed by atoms with van der Waals surface area (Å²) in [5, 5.41) is 9.10. The van der Waals surface area contributed by atoms with Crippen LogP contribution in [0.15, 0.2) is 23.3 Å². The second-order valence-corrected chi connectivity index (χ2v) is 4.77. The van der Waals surface area contributed by atoms with Crippen molar-refractivity contribution in [3.8, 4) is 0 Å². The Labute approximate surface area is 74.9 Å². The van der Waals surface area contributed by atoms with Crippen LogP contribution >= 0.6 is 15.9 Å². The first-order valence-corrected chi connectivity index (χ1v) is 4.66. The quantitative estimate of drug-likeness (QED) is 0.524. The third kappa shape index (κ3) is 0.859. The summed E-state index contributed by atoms with van der Waals surface area (Å²) in [4.78, 5) is 0. The highest BCUT2D eigenvalue weighted by Gasteiger charge is 2.43. The molecule has 2 aliphatic rings. The smallest absolute Gasteiger partial charge is 0.0679 e. The van der Waals surface area contributed by atoms with Crippen LogP contribution in [0.2, 0.25) is 0 Å². The second-order valence-electron chi connectivity index (χ2n) is 3.35. The summed E-state index contributed by atoms with van der Waals surface area (Å²) in [6.07, 6.45) is 5.49. The van der Waals surface area contributed by atoms with Gasteiger partial charge in [0.15, 0.2) is 0 Å². The lowest BCUT2D eigenvalue weighted by Gasteiger charge is -2.19. The molecule has 2 bridgehead atoms. The van der Waals surface area contributed by atoms with E-state index >= 15 is 0 Å². The fourth-order valence-corrected chi connectivity index (χ4v) is 2.99. The number of allylic oxidation sites excluding steroid dienone is 3. The molecule has 0 aliphatic heterocycles. The van der Waals surface area contributed by atoms with Crippen molar-refractivity contribution in [1.82, 2.24) is 0 Å². The number of hydrogen-bond acceptors (Lipinski definition) is 1. The Kier molecular flexibility index (Phi) is 1.52. The average Bonchev–Trinajstić information content (AvgIpc) is 2.42. The number of rotatable bonds is 1. The van der Waals surface area contributed by atoms with Crippen molar-refractivity contribution in [3.63, 3.8) is 0 Å². The molecule has 0 fully saturated rings. The molecule has 1 nitrogen and oxygen atoms in total. The van der Waals surface area contributed by atoms with Crippen molar-refractivity contribution in [3.05, 3.63) is 23.3 Å². The molecule has 0 heterocycles. The molecule has 2 aliphatic carbocycles. The molecule has 0 saturated heterocycles. The first-order chi connectivity index (χ1) is 5.17. The van der Waals surface area contributed by atoms with Crippen LogP contribution in [0, 0.1) is 5.92 Å². The molecular weight excluding hydrogens is 204 g/mol. The van der Waals surface area contributed by atoms with Gasteiger partial charge in [-0.15, -0.1) is 0 Å². The minimum Gasteiger partial charge on any atom is -0.392 e. The Bertz CT molecular complexity index is 254. The van der Waals surface area contributed by atoms with Crippen LogP contribution < -0.4 is 0 Å². The molecule has 1 N–H and O–H groups in total. The van der Waals surface area contributed by atoms with Gasteiger partial charge in [0.1, 0.15) is 0 Å². The Morgan fingerprint density at radius 2 is 2.55 bits per heavy atom. The van der Waals surface area contributed by atoms with E-state index in [2.05, 4.69) is 35.0 Å². The average molecular weight is 215 g/mol. The predicted molar refractivity (Wildman–Crippen MR) is 48.7 cm³/mol. The van der Waals surface area contributed by atoms with Crippen LogP contribution in [0.1, 0.15) is 13.3 Å². The Morgan fingerprint density at radius 3 is 2.91 bits per heavy atom. The van der Waals surface area contributed by atoms with Crippen molar-refractivity contribution >= 4 is 15.9 Å². The highest BCUT2D eigenvalue weighted by Crippen LogP contribution is 2.51. The third-order valence-electron chi connectivity index (χ3n) is 2.80. The maximum absolute atomic E-state index is 9.10. The maximum Gasteiger partial charge on any atom is 0.0679 e. The predicted octanol–water partition coefficient (Wildman–Crippen LogP) is 2.02. The molecule has 0 saturated carbocycles. The van der Waals surface area contributed by atoms with Gasteiger partial charge in [-0.2, -0.15) is 0 Å². The van der Waals surface area contributed by atoms with E-state index < -0.39 is 0 Å². The lowest BCUT2D eigenvalue weighted by Crippen LogP contribution is -2.17. The van der Waals surface area contributed by atoms with Gasteiger partial charge in [0, 0.05) is 0 Å². The highest BCUT2D eigenvalue weighted by atomic mass is 79.9. The van der Waals surface area contributed by atoms with Crippen molar-refractivity contribution in [2.75, 3.05) is 6.61 Å². The summed E-state index contributed by atoms with van der Waals surface area (Å²) < 4.78 is 0.0104. The molecule has 0 aromatic rings. The zero-order valence-electron chi connectivity index (χ0n) is 6.47. The summed E-state index contributed by atoms with van der Waals surface area (Å²) in [6.45, 7) is 2.31. The minimum atomic E-state index is 0.0104. The van der Waals surface area contributed by atoms with E-state index in [-0.39, 0.29) is 10.9 Å². The van der Waals surface area contributed by atoms with Gasteiger partial charge in [0.05, 0.1) is 10.9 Å². The first-order valence-electron chi connectivity index (χ1n) is 3.86. The number of hydrogen-bond donors (Lipinski definition) is 1. The molecule has 2 heteroatoms. The molecular formula is C9H11BrO. The fourth-order valence-electron chi connectivity index (χ4n) is 2.05. The van der Waals surface area contributed by atoms with Crippen LogP contribution in [0.3, 0.4) is 0 Å². The molecule has 0 aromatic carbocycles. The molecule has 0 aromatic heterocycles. The zero-order valence-corrected chi connectivity index (χ0v) is 8.06. The molecule has 0 spiro atoms. The summed E-state index contributed by atoms with van der Waals surface area (Å²) in [5.41, 5.74) is 2.52. The zero-order chi connectivity index (χ0) is 8.06. The molecule has 0 radical (unpaired) electrons. The topological polar surface area (TPSA) is 20.2 Å². The van der Waals surface area contributed by atoms with Crippen molar-refractivity contribution in [2.45, 2.75) is 17.7 Å². The van der Waals surface area contributed by atoms with E-state index in [1.807, 2.05) is 0 Å². The summed E-state index contributed by atoms with van der Waals surface area (Å²) in [5.74, 6) is 0.580. The SMILES string of the molecule is CC1=C(CO)[C@@]2(Br)C=C[C@@H]1C2. The van der Waals surface area contributed by atoms with E-state index in [1.165, 1.54) is 11.1 Å². The van der Waals surface area contributed by atoms with Gasteiger partial charge in [-0.25, -0.2) is 0 Å². The van der Waals surface area contributed by atoms with Crippen molar-refractivity contribution in [2.24, 2.45) is 5.92 Å². The minimum absolute atomic E-state index is 0.0104. The van der Waals surface area contributed by atoms with E-state index in [1.54, 1.807) is 0 Å². The standard InChI is InChI=1S/C9H11BrO/c1-6-7-2-3-9(10,4-7)8(6)5-11/h2-3,7,11H,4-5H2,1H3/t7-,9-/m1/s1. The van der Waals surface area contributed by atoms with Crippen molar-refractivity contribution in [1.29, 1.82) is 0 Å². The molecule has 0 amide bonds. The van der Waals surface area contributed by atoms with Gasteiger partial charge in [-0.1, -0.05) is 33.7 Å². The van der Waals surface area contributed by atoms with Crippen LogP contribution in [-0.2, 0) is 0 Å². The fraction of sp³-hybridized carbons (Fsp3) is 0.556. The lowest BCUT2D eigenvalue weighted by molar-refractivity contribution is 0.324. The van der Waals surface area contributed by atoms with Gasteiger partial charge in [0.25, 0.3) is 0 Å². The van der Waals surface area contributed by atoms with Gasteiger partial charge in [-0.05, 0) is 24.8 Å². The highest BCUT2D eigenvalue weighted by molar-refractivity contribution is 9.10. The molecule has 0 unspecified atom stereocenters. The summed E-state index contributed by atoms with van der Waals surface area (Å²) in [7, 11) is 0. The lowest BCUT2D eigenvalue weighted by atomic mass is 9.99. The molecule has 60 valence electrons. The number of aliphatic hydroxyl groups is 1. The van der Waals surface area contributed by atoms with Gasteiger partial charge in [-0.3, -0.25) is 0 Å². The third-order valence-corrected chi connectivity index (χ3v) is 3.87. The summed E-state index contributed by atoms with van der Waals surface area (Å²) in [6, 6.07) is 0. The van der Waals surface area contributed by atoms with Crippen LogP contribution in [0.5, 0.6) is 0 Å². The number of halogens is 1. The van der Waals surface area contributed by atoms with E-state index in [9.17, 15) is 0 Å². The molecule has 2 atom stereocenters. The number of alkyl halides is 1. The molecule has 11 heavy (non-hydrogen) atoms. The van der Waals surface area contributed by atoms with Gasteiger partial charge < -0.3 is 5.11 Å². The first kappa shape index (κ1) is 7.56. The summed E-state index contributed by atoms with van der Waals surface area (Å²) >= 11 is 3.65.